The van der Waals surface area contributed by atoms with E-state index in [2.05, 4.69) is 20.7 Å². The lowest BCUT2D eigenvalue weighted by atomic mass is 10.2. The summed E-state index contributed by atoms with van der Waals surface area (Å²) in [6.07, 6.45) is 1.54. The van der Waals surface area contributed by atoms with Crippen molar-refractivity contribution in [2.75, 3.05) is 0 Å². The topological polar surface area (TPSA) is 78.9 Å². The molecule has 1 aromatic carbocycles. The Labute approximate surface area is 115 Å². The minimum atomic E-state index is 0.417. The van der Waals surface area contributed by atoms with Crippen LogP contribution in [0.5, 0.6) is 5.75 Å². The molecule has 0 aliphatic heterocycles. The fraction of sp³-hybridized carbons (Fsp3) is 0.231. The molecular weight excluding hydrogens is 258 g/mol. The number of hydrogen-bond donors (Lipinski definition) is 0. The quantitative estimate of drug-likeness (QED) is 0.720. The molecular formula is C13H13N5O2. The molecule has 20 heavy (non-hydrogen) atoms. The summed E-state index contributed by atoms with van der Waals surface area (Å²) in [7, 11) is 0. The van der Waals surface area contributed by atoms with Crippen molar-refractivity contribution in [2.24, 2.45) is 0 Å². The van der Waals surface area contributed by atoms with Crippen LogP contribution < -0.4 is 4.74 Å². The number of rotatable bonds is 4. The molecule has 7 nitrogen and oxygen atoms in total. The van der Waals surface area contributed by atoms with Crippen LogP contribution in [-0.4, -0.2) is 25.4 Å². The van der Waals surface area contributed by atoms with Crippen LogP contribution in [-0.2, 0) is 6.61 Å². The van der Waals surface area contributed by atoms with Gasteiger partial charge in [-0.3, -0.25) is 0 Å². The van der Waals surface area contributed by atoms with Crippen LogP contribution in [0.15, 0.2) is 35.1 Å². The number of aryl methyl sites for hydroxylation is 2. The Morgan fingerprint density at radius 3 is 2.90 bits per heavy atom. The summed E-state index contributed by atoms with van der Waals surface area (Å²) < 4.78 is 12.4. The van der Waals surface area contributed by atoms with Crippen LogP contribution in [0.2, 0.25) is 0 Å². The van der Waals surface area contributed by atoms with Crippen molar-refractivity contribution >= 4 is 0 Å². The van der Waals surface area contributed by atoms with E-state index in [1.807, 2.05) is 38.1 Å². The predicted octanol–water partition coefficient (Wildman–Crippen LogP) is 1.85. The molecule has 3 aromatic rings. The van der Waals surface area contributed by atoms with Crippen LogP contribution in [0, 0.1) is 13.8 Å². The molecule has 0 aliphatic carbocycles. The van der Waals surface area contributed by atoms with Gasteiger partial charge in [-0.05, 0) is 36.4 Å². The lowest BCUT2D eigenvalue weighted by Gasteiger charge is -2.07. The molecule has 0 unspecified atom stereocenters. The van der Waals surface area contributed by atoms with Gasteiger partial charge in [-0.1, -0.05) is 11.2 Å². The molecule has 7 heteroatoms. The van der Waals surface area contributed by atoms with E-state index in [0.29, 0.717) is 6.61 Å². The van der Waals surface area contributed by atoms with Gasteiger partial charge in [0.2, 0.25) is 0 Å². The average Bonchev–Trinajstić information content (AvgIpc) is 3.09. The third kappa shape index (κ3) is 2.37. The van der Waals surface area contributed by atoms with E-state index >= 15 is 0 Å². The third-order valence-corrected chi connectivity index (χ3v) is 3.00. The molecule has 2 heterocycles. The number of aromatic nitrogens is 5. The van der Waals surface area contributed by atoms with Gasteiger partial charge in [0.25, 0.3) is 0 Å². The largest absolute Gasteiger partial charge is 0.489 e. The molecule has 0 radical (unpaired) electrons. The second-order valence-electron chi connectivity index (χ2n) is 4.34. The van der Waals surface area contributed by atoms with Gasteiger partial charge in [-0.15, -0.1) is 5.10 Å². The maximum atomic E-state index is 5.77. The first-order valence-electron chi connectivity index (χ1n) is 6.12. The van der Waals surface area contributed by atoms with E-state index in [1.54, 1.807) is 4.68 Å². The molecule has 0 N–H and O–H groups in total. The van der Waals surface area contributed by atoms with E-state index in [4.69, 9.17) is 9.26 Å². The van der Waals surface area contributed by atoms with Gasteiger partial charge in [0.1, 0.15) is 24.4 Å². The lowest BCUT2D eigenvalue weighted by molar-refractivity contribution is 0.301. The zero-order valence-corrected chi connectivity index (χ0v) is 11.1. The minimum Gasteiger partial charge on any atom is -0.489 e. The van der Waals surface area contributed by atoms with Gasteiger partial charge in [0.15, 0.2) is 0 Å². The van der Waals surface area contributed by atoms with Crippen LogP contribution in [0.3, 0.4) is 0 Å². The standard InChI is InChI=1S/C13H13N5O2/c1-9-13(10(2)20-15-9)7-19-12-5-3-4-11(6-12)18-8-14-16-17-18/h3-6,8H,7H2,1-2H3. The Hall–Kier alpha value is -2.70. The summed E-state index contributed by atoms with van der Waals surface area (Å²) in [6.45, 7) is 4.18. The summed E-state index contributed by atoms with van der Waals surface area (Å²) >= 11 is 0. The lowest BCUT2D eigenvalue weighted by Crippen LogP contribution is -1.99. The molecule has 102 valence electrons. The molecule has 0 bridgehead atoms. The summed E-state index contributed by atoms with van der Waals surface area (Å²) in [5, 5.41) is 15.0. The van der Waals surface area contributed by atoms with Crippen molar-refractivity contribution in [3.63, 3.8) is 0 Å². The van der Waals surface area contributed by atoms with Crippen LogP contribution in [0.1, 0.15) is 17.0 Å². The van der Waals surface area contributed by atoms with E-state index in [1.165, 1.54) is 6.33 Å². The molecule has 0 atom stereocenters. The maximum Gasteiger partial charge on any atom is 0.143 e. The summed E-state index contributed by atoms with van der Waals surface area (Å²) in [5.74, 6) is 1.51. The monoisotopic (exact) mass is 271 g/mol. The van der Waals surface area contributed by atoms with Crippen LogP contribution >= 0.6 is 0 Å². The number of hydrogen-bond acceptors (Lipinski definition) is 6. The first kappa shape index (κ1) is 12.3. The van der Waals surface area contributed by atoms with Crippen molar-refractivity contribution in [3.8, 4) is 11.4 Å². The predicted molar refractivity (Wildman–Crippen MR) is 69.5 cm³/mol. The molecule has 2 aromatic heterocycles. The molecule has 0 amide bonds. The first-order chi connectivity index (χ1) is 9.74. The van der Waals surface area contributed by atoms with Gasteiger partial charge >= 0.3 is 0 Å². The van der Waals surface area contributed by atoms with Crippen molar-refractivity contribution in [1.82, 2.24) is 25.4 Å². The second-order valence-corrected chi connectivity index (χ2v) is 4.34. The van der Waals surface area contributed by atoms with Crippen molar-refractivity contribution in [1.29, 1.82) is 0 Å². The van der Waals surface area contributed by atoms with E-state index in [9.17, 15) is 0 Å². The van der Waals surface area contributed by atoms with Gasteiger partial charge < -0.3 is 9.26 Å². The van der Waals surface area contributed by atoms with Gasteiger partial charge in [0, 0.05) is 6.07 Å². The Balaban J connectivity index is 1.77. The minimum absolute atomic E-state index is 0.417. The SMILES string of the molecule is Cc1noc(C)c1COc1cccc(-n2cnnn2)c1. The highest BCUT2D eigenvalue weighted by molar-refractivity contribution is 5.38. The fourth-order valence-corrected chi connectivity index (χ4v) is 1.86. The fourth-order valence-electron chi connectivity index (χ4n) is 1.86. The molecule has 0 saturated carbocycles. The highest BCUT2D eigenvalue weighted by Crippen LogP contribution is 2.19. The Morgan fingerprint density at radius 2 is 2.20 bits per heavy atom. The van der Waals surface area contributed by atoms with E-state index in [-0.39, 0.29) is 0 Å². The number of ether oxygens (including phenoxy) is 1. The zero-order chi connectivity index (χ0) is 13.9. The maximum absolute atomic E-state index is 5.77. The van der Waals surface area contributed by atoms with Gasteiger partial charge in [-0.25, -0.2) is 4.68 Å². The van der Waals surface area contributed by atoms with Crippen molar-refractivity contribution in [2.45, 2.75) is 20.5 Å². The van der Waals surface area contributed by atoms with E-state index in [0.717, 1.165) is 28.5 Å². The number of nitrogens with zero attached hydrogens (tertiary/aromatic N) is 5. The van der Waals surface area contributed by atoms with Crippen molar-refractivity contribution < 1.29 is 9.26 Å². The Bertz CT molecular complexity index is 686. The normalized spacial score (nSPS) is 10.7. The molecule has 0 spiro atoms. The second kappa shape index (κ2) is 5.12. The average molecular weight is 271 g/mol. The summed E-state index contributed by atoms with van der Waals surface area (Å²) in [5.41, 5.74) is 2.66. The molecule has 0 fully saturated rings. The van der Waals surface area contributed by atoms with Crippen molar-refractivity contribution in [3.05, 3.63) is 47.6 Å². The summed E-state index contributed by atoms with van der Waals surface area (Å²) in [4.78, 5) is 0. The van der Waals surface area contributed by atoms with Gasteiger partial charge in [0.05, 0.1) is 16.9 Å². The Morgan fingerprint density at radius 1 is 1.30 bits per heavy atom. The highest BCUT2D eigenvalue weighted by Gasteiger charge is 2.09. The molecule has 0 saturated heterocycles. The molecule has 0 aliphatic rings. The van der Waals surface area contributed by atoms with Gasteiger partial charge in [-0.2, -0.15) is 0 Å². The first-order valence-corrected chi connectivity index (χ1v) is 6.12. The van der Waals surface area contributed by atoms with Crippen LogP contribution in [0.4, 0.5) is 0 Å². The smallest absolute Gasteiger partial charge is 0.143 e. The van der Waals surface area contributed by atoms with Crippen LogP contribution in [0.25, 0.3) is 5.69 Å². The Kier molecular flexibility index (Phi) is 3.16. The molecule has 3 rings (SSSR count). The van der Waals surface area contributed by atoms with E-state index < -0.39 is 0 Å². The zero-order valence-electron chi connectivity index (χ0n) is 11.1. The highest BCUT2D eigenvalue weighted by atomic mass is 16.5. The number of benzene rings is 1. The third-order valence-electron chi connectivity index (χ3n) is 3.00. The summed E-state index contributed by atoms with van der Waals surface area (Å²) in [6, 6.07) is 7.54. The number of tetrazole rings is 1.